The van der Waals surface area contributed by atoms with E-state index in [-0.39, 0.29) is 22.0 Å². The summed E-state index contributed by atoms with van der Waals surface area (Å²) in [7, 11) is 0. The standard InChI is InChI=1S/C21H13ClO5/c22-14-5-1-11(2-6-14)19(23)12-3-7-15-18(10-12)27-17-8-4-13(21(25)26)9-16(17)20(15)24/h1-10,19,23H,(H,25,26). The van der Waals surface area contributed by atoms with Gasteiger partial charge in [0, 0.05) is 5.02 Å². The smallest absolute Gasteiger partial charge is 0.335 e. The van der Waals surface area contributed by atoms with E-state index in [0.29, 0.717) is 27.1 Å². The second-order valence-electron chi connectivity index (χ2n) is 6.16. The van der Waals surface area contributed by atoms with Gasteiger partial charge in [0.25, 0.3) is 0 Å². The predicted octanol–water partition coefficient (Wildman–Crippen LogP) is 4.38. The van der Waals surface area contributed by atoms with Gasteiger partial charge in [0.15, 0.2) is 0 Å². The number of benzene rings is 3. The van der Waals surface area contributed by atoms with E-state index in [4.69, 9.17) is 21.1 Å². The Hall–Kier alpha value is -3.15. The average molecular weight is 381 g/mol. The number of hydrogen-bond acceptors (Lipinski definition) is 4. The number of rotatable bonds is 3. The Labute approximate surface area is 158 Å². The summed E-state index contributed by atoms with van der Waals surface area (Å²) in [5.74, 6) is -1.11. The number of carboxylic acids is 1. The van der Waals surface area contributed by atoms with Crippen LogP contribution in [0.5, 0.6) is 0 Å². The van der Waals surface area contributed by atoms with E-state index >= 15 is 0 Å². The summed E-state index contributed by atoms with van der Waals surface area (Å²) < 4.78 is 5.78. The van der Waals surface area contributed by atoms with Crippen LogP contribution in [-0.4, -0.2) is 16.2 Å². The molecule has 0 aliphatic carbocycles. The third-order valence-corrected chi connectivity index (χ3v) is 4.69. The Kier molecular flexibility index (Phi) is 4.18. The van der Waals surface area contributed by atoms with Crippen LogP contribution >= 0.6 is 11.6 Å². The molecule has 6 heteroatoms. The van der Waals surface area contributed by atoms with Gasteiger partial charge in [0.05, 0.1) is 16.3 Å². The first kappa shape index (κ1) is 17.3. The van der Waals surface area contributed by atoms with Gasteiger partial charge in [-0.3, -0.25) is 4.79 Å². The molecule has 0 saturated heterocycles. The molecular formula is C21H13ClO5. The lowest BCUT2D eigenvalue weighted by molar-refractivity contribution is 0.0697. The Morgan fingerprint density at radius 2 is 1.59 bits per heavy atom. The molecule has 0 aliphatic rings. The third kappa shape index (κ3) is 3.07. The van der Waals surface area contributed by atoms with Gasteiger partial charge < -0.3 is 14.6 Å². The van der Waals surface area contributed by atoms with Crippen LogP contribution in [0, 0.1) is 0 Å². The molecule has 134 valence electrons. The van der Waals surface area contributed by atoms with Crippen molar-refractivity contribution in [1.29, 1.82) is 0 Å². The zero-order chi connectivity index (χ0) is 19.1. The minimum Gasteiger partial charge on any atom is -0.478 e. The zero-order valence-corrected chi connectivity index (χ0v) is 14.6. The third-order valence-electron chi connectivity index (χ3n) is 4.44. The van der Waals surface area contributed by atoms with Crippen molar-refractivity contribution in [3.05, 3.63) is 92.6 Å². The van der Waals surface area contributed by atoms with Crippen LogP contribution in [0.3, 0.4) is 0 Å². The van der Waals surface area contributed by atoms with Crippen LogP contribution in [0.1, 0.15) is 27.6 Å². The number of hydrogen-bond donors (Lipinski definition) is 2. The topological polar surface area (TPSA) is 87.7 Å². The molecule has 0 fully saturated rings. The lowest BCUT2D eigenvalue weighted by Crippen LogP contribution is -2.06. The number of carboxylic acid groups (broad SMARTS) is 1. The Morgan fingerprint density at radius 1 is 0.889 bits per heavy atom. The maximum Gasteiger partial charge on any atom is 0.335 e. The molecule has 1 heterocycles. The number of aromatic carboxylic acids is 1. The van der Waals surface area contributed by atoms with Gasteiger partial charge in [-0.15, -0.1) is 0 Å². The van der Waals surface area contributed by atoms with E-state index in [1.165, 1.54) is 18.2 Å². The van der Waals surface area contributed by atoms with E-state index in [1.54, 1.807) is 42.5 Å². The molecule has 4 aromatic rings. The lowest BCUT2D eigenvalue weighted by atomic mass is 10.00. The highest BCUT2D eigenvalue weighted by atomic mass is 35.5. The number of aliphatic hydroxyl groups excluding tert-OH is 1. The van der Waals surface area contributed by atoms with Crippen molar-refractivity contribution in [3.8, 4) is 0 Å². The number of halogens is 1. The van der Waals surface area contributed by atoms with Crippen molar-refractivity contribution >= 4 is 39.5 Å². The quantitative estimate of drug-likeness (QED) is 0.515. The Morgan fingerprint density at radius 3 is 2.30 bits per heavy atom. The summed E-state index contributed by atoms with van der Waals surface area (Å²) in [6.07, 6.45) is -0.901. The normalized spacial score (nSPS) is 12.4. The fourth-order valence-corrected chi connectivity index (χ4v) is 3.14. The molecule has 2 N–H and O–H groups in total. The van der Waals surface area contributed by atoms with E-state index in [1.807, 2.05) is 0 Å². The summed E-state index contributed by atoms with van der Waals surface area (Å²) in [6.45, 7) is 0. The average Bonchev–Trinajstić information content (AvgIpc) is 2.67. The number of fused-ring (bicyclic) bond motifs is 2. The van der Waals surface area contributed by atoms with E-state index in [2.05, 4.69) is 0 Å². The number of carbonyl (C=O) groups is 1. The fraction of sp³-hybridized carbons (Fsp3) is 0.0476. The van der Waals surface area contributed by atoms with Gasteiger partial charge in [0.2, 0.25) is 5.43 Å². The molecule has 0 saturated carbocycles. The van der Waals surface area contributed by atoms with E-state index in [0.717, 1.165) is 0 Å². The molecule has 4 rings (SSSR count). The first-order valence-corrected chi connectivity index (χ1v) is 8.49. The largest absolute Gasteiger partial charge is 0.478 e. The first-order chi connectivity index (χ1) is 12.9. The molecule has 0 amide bonds. The highest BCUT2D eigenvalue weighted by molar-refractivity contribution is 6.30. The van der Waals surface area contributed by atoms with Crippen LogP contribution in [0.25, 0.3) is 21.9 Å². The summed E-state index contributed by atoms with van der Waals surface area (Å²) in [4.78, 5) is 23.8. The maximum absolute atomic E-state index is 12.7. The SMILES string of the molecule is O=C(O)c1ccc2oc3cc(C(O)c4ccc(Cl)cc4)ccc3c(=O)c2c1. The zero-order valence-electron chi connectivity index (χ0n) is 13.8. The van der Waals surface area contributed by atoms with Crippen LogP contribution in [-0.2, 0) is 0 Å². The molecule has 1 unspecified atom stereocenters. The van der Waals surface area contributed by atoms with Crippen LogP contribution < -0.4 is 5.43 Å². The monoisotopic (exact) mass is 380 g/mol. The van der Waals surface area contributed by atoms with Gasteiger partial charge in [-0.2, -0.15) is 0 Å². The Balaban J connectivity index is 1.86. The van der Waals surface area contributed by atoms with Gasteiger partial charge >= 0.3 is 5.97 Å². The maximum atomic E-state index is 12.7. The molecule has 1 atom stereocenters. The first-order valence-electron chi connectivity index (χ1n) is 8.11. The molecule has 0 spiro atoms. The van der Waals surface area contributed by atoms with Crippen molar-refractivity contribution in [2.75, 3.05) is 0 Å². The predicted molar refractivity (Wildman–Crippen MR) is 102 cm³/mol. The highest BCUT2D eigenvalue weighted by Gasteiger charge is 2.15. The molecule has 27 heavy (non-hydrogen) atoms. The molecule has 1 aromatic heterocycles. The second kappa shape index (κ2) is 6.54. The van der Waals surface area contributed by atoms with Crippen molar-refractivity contribution in [1.82, 2.24) is 0 Å². The summed E-state index contributed by atoms with van der Waals surface area (Å²) >= 11 is 5.88. The minimum absolute atomic E-state index is 0.0175. The van der Waals surface area contributed by atoms with Crippen molar-refractivity contribution < 1.29 is 19.4 Å². The van der Waals surface area contributed by atoms with Crippen LogP contribution in [0.15, 0.2) is 69.9 Å². The van der Waals surface area contributed by atoms with Gasteiger partial charge in [-0.25, -0.2) is 4.79 Å². The second-order valence-corrected chi connectivity index (χ2v) is 6.59. The van der Waals surface area contributed by atoms with Gasteiger partial charge in [-0.05, 0) is 53.6 Å². The van der Waals surface area contributed by atoms with E-state index < -0.39 is 12.1 Å². The molecular weight excluding hydrogens is 368 g/mol. The molecule has 0 radical (unpaired) electrons. The van der Waals surface area contributed by atoms with E-state index in [9.17, 15) is 14.7 Å². The summed E-state index contributed by atoms with van der Waals surface area (Å²) in [6, 6.07) is 15.8. The van der Waals surface area contributed by atoms with Crippen molar-refractivity contribution in [2.45, 2.75) is 6.10 Å². The van der Waals surface area contributed by atoms with Crippen LogP contribution in [0.2, 0.25) is 5.02 Å². The van der Waals surface area contributed by atoms with Crippen molar-refractivity contribution in [2.24, 2.45) is 0 Å². The van der Waals surface area contributed by atoms with Crippen LogP contribution in [0.4, 0.5) is 0 Å². The lowest BCUT2D eigenvalue weighted by Gasteiger charge is -2.12. The van der Waals surface area contributed by atoms with Crippen molar-refractivity contribution in [3.63, 3.8) is 0 Å². The number of aliphatic hydroxyl groups is 1. The summed E-state index contributed by atoms with van der Waals surface area (Å²) in [5, 5.41) is 20.8. The fourth-order valence-electron chi connectivity index (χ4n) is 3.01. The van der Waals surface area contributed by atoms with Gasteiger partial charge in [0.1, 0.15) is 17.3 Å². The molecule has 5 nitrogen and oxygen atoms in total. The minimum atomic E-state index is -1.11. The Bertz CT molecular complexity index is 1240. The molecule has 0 aliphatic heterocycles. The van der Waals surface area contributed by atoms with Gasteiger partial charge in [-0.1, -0.05) is 29.8 Å². The highest BCUT2D eigenvalue weighted by Crippen LogP contribution is 2.27. The molecule has 0 bridgehead atoms. The molecule has 3 aromatic carbocycles. The summed E-state index contributed by atoms with van der Waals surface area (Å²) in [5.41, 5.74) is 1.53.